The largest absolute Gasteiger partial charge is 0.461 e. The summed E-state index contributed by atoms with van der Waals surface area (Å²) in [6.45, 7) is 3.73. The third-order valence-corrected chi connectivity index (χ3v) is 9.74. The summed E-state index contributed by atoms with van der Waals surface area (Å²) in [5.74, 6) is -0.930. The molecular weight excluding hydrogens is 601 g/mol. The van der Waals surface area contributed by atoms with Gasteiger partial charge in [0, 0.05) is 6.42 Å². The van der Waals surface area contributed by atoms with Crippen molar-refractivity contribution in [1.82, 2.24) is 19.9 Å². The summed E-state index contributed by atoms with van der Waals surface area (Å²) in [6.07, 6.45) is 0.362. The number of aromatic nitrogens is 4. The van der Waals surface area contributed by atoms with Crippen molar-refractivity contribution in [1.29, 1.82) is 0 Å². The first-order chi connectivity index (χ1) is 19.9. The van der Waals surface area contributed by atoms with Crippen molar-refractivity contribution in [2.24, 2.45) is 0 Å². The van der Waals surface area contributed by atoms with Crippen molar-refractivity contribution < 1.29 is 19.1 Å². The number of para-hydroxylation sites is 2. The number of fused-ring (bicyclic) bond motifs is 2. The van der Waals surface area contributed by atoms with Gasteiger partial charge in [-0.25, -0.2) is 29.5 Å². The van der Waals surface area contributed by atoms with Gasteiger partial charge in [-0.05, 0) is 38.1 Å². The molecule has 2 aromatic carbocycles. The van der Waals surface area contributed by atoms with Gasteiger partial charge in [-0.15, -0.1) is 0 Å². The number of thiazole rings is 4. The average molecular weight is 623 g/mol. The smallest absolute Gasteiger partial charge is 0.350 e. The fourth-order valence-corrected chi connectivity index (χ4v) is 7.41. The standard InChI is InChI=1S/C27H22N6O4S4/c1-14-20(40-24(28-14)32-26-30-16-8-3-5-10-18(16)38-26)22(34)36-12-7-13-37-23(35)21-15(2)29-25(41-21)33-27-31-17-9-4-6-11-19(17)39-27/h3-6,8-11H,7,12-13H2,1-2H3,(H,28,30,32)(H,29,31,33). The summed E-state index contributed by atoms with van der Waals surface area (Å²) in [7, 11) is 0. The van der Waals surface area contributed by atoms with E-state index >= 15 is 0 Å². The third kappa shape index (κ3) is 6.20. The summed E-state index contributed by atoms with van der Waals surface area (Å²) in [6, 6.07) is 15.7. The van der Waals surface area contributed by atoms with Crippen LogP contribution in [0.15, 0.2) is 48.5 Å². The van der Waals surface area contributed by atoms with Crippen LogP contribution in [0, 0.1) is 13.8 Å². The van der Waals surface area contributed by atoms with Crippen LogP contribution in [-0.2, 0) is 9.47 Å². The molecule has 0 atom stereocenters. The molecule has 208 valence electrons. The van der Waals surface area contributed by atoms with Crippen molar-refractivity contribution in [2.45, 2.75) is 20.3 Å². The van der Waals surface area contributed by atoms with E-state index in [1.54, 1.807) is 13.8 Å². The molecule has 0 amide bonds. The molecule has 0 radical (unpaired) electrons. The van der Waals surface area contributed by atoms with Gasteiger partial charge in [-0.2, -0.15) is 0 Å². The van der Waals surface area contributed by atoms with Gasteiger partial charge in [0.25, 0.3) is 0 Å². The summed E-state index contributed by atoms with van der Waals surface area (Å²) in [5, 5.41) is 8.90. The minimum atomic E-state index is -0.465. The van der Waals surface area contributed by atoms with Gasteiger partial charge >= 0.3 is 11.9 Å². The topological polar surface area (TPSA) is 128 Å². The molecule has 0 bridgehead atoms. The van der Waals surface area contributed by atoms with Gasteiger partial charge in [0.05, 0.1) is 45.0 Å². The van der Waals surface area contributed by atoms with Crippen LogP contribution in [0.3, 0.4) is 0 Å². The first-order valence-corrected chi connectivity index (χ1v) is 15.7. The van der Waals surface area contributed by atoms with Gasteiger partial charge < -0.3 is 20.1 Å². The first-order valence-electron chi connectivity index (χ1n) is 12.5. The van der Waals surface area contributed by atoms with E-state index in [-0.39, 0.29) is 13.2 Å². The number of carbonyl (C=O) groups excluding carboxylic acids is 2. The summed E-state index contributed by atoms with van der Waals surface area (Å²) in [4.78, 5) is 44.0. The molecule has 0 aliphatic carbocycles. The second-order valence-electron chi connectivity index (χ2n) is 8.72. The summed E-state index contributed by atoms with van der Waals surface area (Å²) in [5.41, 5.74) is 2.96. The average Bonchev–Trinajstić information content (AvgIpc) is 3.73. The SMILES string of the molecule is Cc1nc(Nc2nc3ccccc3s2)sc1C(=O)OCCCOC(=O)c1sc(Nc2nc3ccccc3s2)nc1C. The van der Waals surface area contributed by atoms with Gasteiger partial charge in [-0.1, -0.05) is 69.6 Å². The van der Waals surface area contributed by atoms with E-state index < -0.39 is 11.9 Å². The molecule has 6 aromatic rings. The van der Waals surface area contributed by atoms with Crippen LogP contribution in [0.5, 0.6) is 0 Å². The molecule has 6 rings (SSSR count). The molecule has 10 nitrogen and oxygen atoms in total. The molecular formula is C27H22N6O4S4. The maximum atomic E-state index is 12.6. The molecule has 2 N–H and O–H groups in total. The van der Waals surface area contributed by atoms with Crippen LogP contribution in [0.25, 0.3) is 20.4 Å². The minimum absolute atomic E-state index is 0.107. The zero-order valence-corrected chi connectivity index (χ0v) is 25.1. The summed E-state index contributed by atoms with van der Waals surface area (Å²) >= 11 is 5.46. The Morgan fingerprint density at radius 1 is 0.634 bits per heavy atom. The number of esters is 2. The predicted molar refractivity (Wildman–Crippen MR) is 165 cm³/mol. The second kappa shape index (κ2) is 11.9. The molecule has 4 heterocycles. The fourth-order valence-electron chi connectivity index (χ4n) is 3.83. The van der Waals surface area contributed by atoms with Crippen molar-refractivity contribution in [3.63, 3.8) is 0 Å². The highest BCUT2D eigenvalue weighted by molar-refractivity contribution is 7.23. The van der Waals surface area contributed by atoms with Crippen LogP contribution in [0.2, 0.25) is 0 Å². The lowest BCUT2D eigenvalue weighted by Gasteiger charge is -2.05. The van der Waals surface area contributed by atoms with E-state index in [0.717, 1.165) is 20.4 Å². The highest BCUT2D eigenvalue weighted by atomic mass is 32.1. The molecule has 14 heteroatoms. The summed E-state index contributed by atoms with van der Waals surface area (Å²) < 4.78 is 12.9. The Labute approximate surface area is 250 Å². The van der Waals surface area contributed by atoms with Crippen LogP contribution < -0.4 is 10.6 Å². The third-order valence-electron chi connectivity index (χ3n) is 5.73. The Morgan fingerprint density at radius 3 is 1.49 bits per heavy atom. The van der Waals surface area contributed by atoms with Gasteiger partial charge in [0.15, 0.2) is 20.5 Å². The molecule has 0 unspecified atom stereocenters. The van der Waals surface area contributed by atoms with E-state index in [2.05, 4.69) is 30.6 Å². The molecule has 0 aliphatic heterocycles. The Bertz CT molecular complexity index is 1670. The monoisotopic (exact) mass is 622 g/mol. The van der Waals surface area contributed by atoms with Crippen molar-refractivity contribution >= 4 is 98.2 Å². The molecule has 4 aromatic heterocycles. The second-order valence-corrected chi connectivity index (χ2v) is 12.8. The molecule has 0 saturated heterocycles. The van der Waals surface area contributed by atoms with Crippen molar-refractivity contribution in [3.8, 4) is 0 Å². The molecule has 0 aliphatic rings. The Hall–Kier alpha value is -3.98. The van der Waals surface area contributed by atoms with Crippen molar-refractivity contribution in [2.75, 3.05) is 23.8 Å². The Balaban J connectivity index is 0.966. The number of rotatable bonds is 10. The number of anilines is 4. The first kappa shape index (κ1) is 27.2. The van der Waals surface area contributed by atoms with E-state index in [9.17, 15) is 9.59 Å². The van der Waals surface area contributed by atoms with E-state index in [0.29, 0.717) is 48.1 Å². The maximum absolute atomic E-state index is 12.6. The number of carbonyl (C=O) groups is 2. The van der Waals surface area contributed by atoms with E-state index in [1.165, 1.54) is 45.3 Å². The molecule has 41 heavy (non-hydrogen) atoms. The van der Waals surface area contributed by atoms with Gasteiger partial charge in [0.2, 0.25) is 0 Å². The van der Waals surface area contributed by atoms with Crippen LogP contribution in [0.4, 0.5) is 20.5 Å². The van der Waals surface area contributed by atoms with Gasteiger partial charge in [0.1, 0.15) is 9.75 Å². The predicted octanol–water partition coefficient (Wildman–Crippen LogP) is 7.33. The Morgan fingerprint density at radius 2 is 1.05 bits per heavy atom. The lowest BCUT2D eigenvalue weighted by atomic mass is 10.3. The maximum Gasteiger partial charge on any atom is 0.350 e. The minimum Gasteiger partial charge on any atom is -0.461 e. The lowest BCUT2D eigenvalue weighted by Crippen LogP contribution is -2.11. The molecule has 0 saturated carbocycles. The Kier molecular flexibility index (Phi) is 7.87. The number of hydrogen-bond donors (Lipinski definition) is 2. The highest BCUT2D eigenvalue weighted by Crippen LogP contribution is 2.32. The van der Waals surface area contributed by atoms with Crippen LogP contribution in [-0.4, -0.2) is 45.1 Å². The lowest BCUT2D eigenvalue weighted by molar-refractivity contribution is 0.0401. The van der Waals surface area contributed by atoms with E-state index in [1.807, 2.05) is 48.5 Å². The number of aryl methyl sites for hydroxylation is 2. The fraction of sp³-hybridized carbons (Fsp3) is 0.185. The normalized spacial score (nSPS) is 11.2. The number of nitrogens with one attached hydrogen (secondary N) is 2. The number of hydrogen-bond acceptors (Lipinski definition) is 14. The quantitative estimate of drug-likeness (QED) is 0.118. The van der Waals surface area contributed by atoms with E-state index in [4.69, 9.17) is 9.47 Å². The van der Waals surface area contributed by atoms with Gasteiger partial charge in [-0.3, -0.25) is 0 Å². The zero-order valence-electron chi connectivity index (χ0n) is 21.8. The molecule has 0 fully saturated rings. The van der Waals surface area contributed by atoms with Crippen molar-refractivity contribution in [3.05, 3.63) is 69.7 Å². The molecule has 0 spiro atoms. The number of ether oxygens (including phenoxy) is 2. The van der Waals surface area contributed by atoms with Crippen LogP contribution >= 0.6 is 45.3 Å². The van der Waals surface area contributed by atoms with Crippen LogP contribution in [0.1, 0.15) is 37.2 Å². The number of benzene rings is 2. The zero-order chi connectivity index (χ0) is 28.3. The highest BCUT2D eigenvalue weighted by Gasteiger charge is 2.19. The number of nitrogens with zero attached hydrogens (tertiary/aromatic N) is 4.